The van der Waals surface area contributed by atoms with E-state index in [-0.39, 0.29) is 24.5 Å². The number of ether oxygens (including phenoxy) is 1. The van der Waals surface area contributed by atoms with Crippen LogP contribution in [0.25, 0.3) is 0 Å². The van der Waals surface area contributed by atoms with Crippen LogP contribution in [-0.4, -0.2) is 66.6 Å². The van der Waals surface area contributed by atoms with Crippen LogP contribution in [0.15, 0.2) is 47.4 Å². The third kappa shape index (κ3) is 6.84. The summed E-state index contributed by atoms with van der Waals surface area (Å²) in [6, 6.07) is 9.80. The molecular formula is C22H30ClN3O6S2. The fourth-order valence-corrected chi connectivity index (χ4v) is 5.44. The molecule has 0 saturated carbocycles. The summed E-state index contributed by atoms with van der Waals surface area (Å²) in [5.74, 6) is -0.0355. The highest BCUT2D eigenvalue weighted by molar-refractivity contribution is 7.92. The molecule has 188 valence electrons. The predicted molar refractivity (Wildman–Crippen MR) is 133 cm³/mol. The van der Waals surface area contributed by atoms with Crippen molar-refractivity contribution in [3.05, 3.63) is 53.1 Å². The first kappa shape index (κ1) is 27.9. The summed E-state index contributed by atoms with van der Waals surface area (Å²) in [7, 11) is -4.40. The molecule has 0 radical (unpaired) electrons. The van der Waals surface area contributed by atoms with Crippen LogP contribution in [0.1, 0.15) is 18.9 Å². The fourth-order valence-electron chi connectivity index (χ4n) is 3.16. The summed E-state index contributed by atoms with van der Waals surface area (Å²) >= 11 is 6.17. The van der Waals surface area contributed by atoms with E-state index in [1.807, 2.05) is 0 Å². The van der Waals surface area contributed by atoms with E-state index in [2.05, 4.69) is 5.32 Å². The Bertz CT molecular complexity index is 1220. The van der Waals surface area contributed by atoms with Crippen LogP contribution in [0.4, 0.5) is 5.69 Å². The number of nitrogens with one attached hydrogen (secondary N) is 1. The van der Waals surface area contributed by atoms with E-state index < -0.39 is 32.0 Å². The highest BCUT2D eigenvalue weighted by Crippen LogP contribution is 2.27. The second-order valence-corrected chi connectivity index (χ2v) is 12.2. The average molecular weight is 532 g/mol. The van der Waals surface area contributed by atoms with Crippen molar-refractivity contribution in [3.63, 3.8) is 0 Å². The van der Waals surface area contributed by atoms with Crippen LogP contribution in [0, 0.1) is 6.92 Å². The first-order chi connectivity index (χ1) is 15.8. The largest absolute Gasteiger partial charge is 0.492 e. The number of carbonyl (C=O) groups excluding carboxylic acids is 1. The Morgan fingerprint density at radius 1 is 1.09 bits per heavy atom. The lowest BCUT2D eigenvalue weighted by molar-refractivity contribution is -0.122. The molecule has 0 spiro atoms. The van der Waals surface area contributed by atoms with Gasteiger partial charge in [-0.05, 0) is 55.3 Å². The Kier molecular flexibility index (Phi) is 9.35. The molecule has 1 atom stereocenters. The molecule has 0 bridgehead atoms. The Morgan fingerprint density at radius 2 is 1.71 bits per heavy atom. The minimum atomic E-state index is -3.77. The van der Waals surface area contributed by atoms with Gasteiger partial charge in [0.2, 0.25) is 26.0 Å². The van der Waals surface area contributed by atoms with E-state index in [4.69, 9.17) is 16.3 Å². The van der Waals surface area contributed by atoms with Gasteiger partial charge in [0.15, 0.2) is 0 Å². The molecule has 2 aromatic rings. The van der Waals surface area contributed by atoms with Crippen molar-refractivity contribution in [1.29, 1.82) is 0 Å². The Morgan fingerprint density at radius 3 is 2.21 bits per heavy atom. The van der Waals surface area contributed by atoms with Gasteiger partial charge in [0.25, 0.3) is 0 Å². The van der Waals surface area contributed by atoms with Crippen molar-refractivity contribution < 1.29 is 26.4 Å². The zero-order chi connectivity index (χ0) is 25.7. The van der Waals surface area contributed by atoms with Gasteiger partial charge in [-0.15, -0.1) is 0 Å². The van der Waals surface area contributed by atoms with Crippen molar-refractivity contribution in [2.75, 3.05) is 37.8 Å². The zero-order valence-electron chi connectivity index (χ0n) is 19.8. The Balaban J connectivity index is 2.03. The standard InChI is InChI=1S/C22H30ClN3O6S2/c1-6-21(26(33(5,28)29)17-8-7-16(2)20(23)15-17)22(27)24-13-14-32-18-9-11-19(12-10-18)34(30,31)25(3)4/h7-12,15,21H,6,13-14H2,1-5H3,(H,24,27)/t21-/m0/s1. The molecule has 34 heavy (non-hydrogen) atoms. The summed E-state index contributed by atoms with van der Waals surface area (Å²) in [5, 5.41) is 3.10. The maximum atomic E-state index is 12.8. The molecule has 0 heterocycles. The number of sulfonamides is 2. The van der Waals surface area contributed by atoms with E-state index in [9.17, 15) is 21.6 Å². The van der Waals surface area contributed by atoms with Crippen LogP contribution >= 0.6 is 11.6 Å². The molecule has 9 nitrogen and oxygen atoms in total. The van der Waals surface area contributed by atoms with Crippen molar-refractivity contribution in [2.45, 2.75) is 31.2 Å². The molecule has 2 rings (SSSR count). The topological polar surface area (TPSA) is 113 Å². The number of hydrogen-bond acceptors (Lipinski definition) is 6. The lowest BCUT2D eigenvalue weighted by Gasteiger charge is -2.30. The van der Waals surface area contributed by atoms with Gasteiger partial charge in [-0.1, -0.05) is 24.6 Å². The number of nitrogens with zero attached hydrogens (tertiary/aromatic N) is 2. The Labute approximate surface area is 206 Å². The normalized spacial score (nSPS) is 12.9. The van der Waals surface area contributed by atoms with Gasteiger partial charge in [0.1, 0.15) is 18.4 Å². The van der Waals surface area contributed by atoms with Gasteiger partial charge in [-0.2, -0.15) is 0 Å². The van der Waals surface area contributed by atoms with Crippen LogP contribution in [0.3, 0.4) is 0 Å². The Hall–Kier alpha value is -2.34. The van der Waals surface area contributed by atoms with E-state index in [1.54, 1.807) is 26.0 Å². The number of amides is 1. The van der Waals surface area contributed by atoms with Crippen molar-refractivity contribution in [1.82, 2.24) is 9.62 Å². The summed E-state index contributed by atoms with van der Waals surface area (Å²) in [4.78, 5) is 13.0. The van der Waals surface area contributed by atoms with Gasteiger partial charge in [0.05, 0.1) is 23.4 Å². The lowest BCUT2D eigenvalue weighted by atomic mass is 10.1. The first-order valence-corrected chi connectivity index (χ1v) is 14.1. The van der Waals surface area contributed by atoms with Crippen LogP contribution in [-0.2, 0) is 24.8 Å². The molecule has 1 N–H and O–H groups in total. The minimum Gasteiger partial charge on any atom is -0.492 e. The number of anilines is 1. The highest BCUT2D eigenvalue weighted by Gasteiger charge is 2.31. The third-order valence-corrected chi connectivity index (χ3v) is 8.43. The van der Waals surface area contributed by atoms with Crippen LogP contribution in [0.2, 0.25) is 5.02 Å². The molecule has 0 unspecified atom stereocenters. The van der Waals surface area contributed by atoms with Crippen LogP contribution < -0.4 is 14.4 Å². The monoisotopic (exact) mass is 531 g/mol. The highest BCUT2D eigenvalue weighted by atomic mass is 35.5. The zero-order valence-corrected chi connectivity index (χ0v) is 22.2. The molecule has 0 aromatic heterocycles. The maximum absolute atomic E-state index is 12.8. The second kappa shape index (κ2) is 11.4. The molecule has 12 heteroatoms. The van der Waals surface area contributed by atoms with Crippen molar-refractivity contribution in [2.24, 2.45) is 0 Å². The number of halogens is 1. The molecule has 0 fully saturated rings. The van der Waals surface area contributed by atoms with E-state index in [0.717, 1.165) is 20.4 Å². The third-order valence-electron chi connectivity index (χ3n) is 5.01. The number of benzene rings is 2. The SMILES string of the molecule is CC[C@@H](C(=O)NCCOc1ccc(S(=O)(=O)N(C)C)cc1)N(c1ccc(C)c(Cl)c1)S(C)(=O)=O. The second-order valence-electron chi connectivity index (χ2n) is 7.81. The van der Waals surface area contributed by atoms with E-state index >= 15 is 0 Å². The quantitative estimate of drug-likeness (QED) is 0.446. The molecule has 1 amide bonds. The lowest BCUT2D eigenvalue weighted by Crippen LogP contribution is -2.50. The summed E-state index contributed by atoms with van der Waals surface area (Å²) in [6.45, 7) is 3.75. The van der Waals surface area contributed by atoms with Crippen molar-refractivity contribution in [3.8, 4) is 5.75 Å². The number of hydrogen-bond donors (Lipinski definition) is 1. The molecule has 0 aliphatic heterocycles. The number of rotatable bonds is 11. The molecule has 0 saturated heterocycles. The molecular weight excluding hydrogens is 502 g/mol. The van der Waals surface area contributed by atoms with E-state index in [0.29, 0.717) is 16.5 Å². The van der Waals surface area contributed by atoms with Crippen molar-refractivity contribution >= 4 is 43.2 Å². The van der Waals surface area contributed by atoms with Crippen LogP contribution in [0.5, 0.6) is 5.75 Å². The van der Waals surface area contributed by atoms with E-state index in [1.165, 1.54) is 44.4 Å². The first-order valence-electron chi connectivity index (χ1n) is 10.5. The summed E-state index contributed by atoms with van der Waals surface area (Å²) in [6.07, 6.45) is 1.28. The fraction of sp³-hybridized carbons (Fsp3) is 0.409. The van der Waals surface area contributed by atoms with Gasteiger partial charge >= 0.3 is 0 Å². The minimum absolute atomic E-state index is 0.108. The van der Waals surface area contributed by atoms with Gasteiger partial charge in [-0.25, -0.2) is 21.1 Å². The molecule has 0 aliphatic carbocycles. The summed E-state index contributed by atoms with van der Waals surface area (Å²) in [5.41, 5.74) is 1.10. The smallest absolute Gasteiger partial charge is 0.244 e. The summed E-state index contributed by atoms with van der Waals surface area (Å²) < 4.78 is 57.0. The number of carbonyl (C=O) groups is 1. The van der Waals surface area contributed by atoms with Gasteiger partial charge in [0, 0.05) is 19.1 Å². The maximum Gasteiger partial charge on any atom is 0.244 e. The molecule has 0 aliphatic rings. The van der Waals surface area contributed by atoms with Gasteiger partial charge in [-0.3, -0.25) is 9.10 Å². The number of aryl methyl sites for hydroxylation is 1. The van der Waals surface area contributed by atoms with Gasteiger partial charge < -0.3 is 10.1 Å². The average Bonchev–Trinajstić information content (AvgIpc) is 2.76. The predicted octanol–water partition coefficient (Wildman–Crippen LogP) is 2.64. The molecule has 2 aromatic carbocycles.